The first-order valence-corrected chi connectivity index (χ1v) is 6.22. The molecule has 0 fully saturated rings. The van der Waals surface area contributed by atoms with Crippen molar-refractivity contribution in [3.05, 3.63) is 0 Å². The minimum absolute atomic E-state index is 0.0507. The minimum Gasteiger partial charge on any atom is -0.393 e. The molecule has 0 aromatic rings. The first-order chi connectivity index (χ1) is 5.90. The predicted octanol–water partition coefficient (Wildman–Crippen LogP) is 0.258. The average Bonchev–Trinajstić information content (AvgIpc) is 1.99. The van der Waals surface area contributed by atoms with E-state index in [-0.39, 0.29) is 11.6 Å². The lowest BCUT2D eigenvalue weighted by atomic mass is 10.3. The Morgan fingerprint density at radius 3 is 2.46 bits per heavy atom. The third-order valence-electron chi connectivity index (χ3n) is 1.67. The van der Waals surface area contributed by atoms with Crippen molar-refractivity contribution in [3.8, 4) is 0 Å². The maximum Gasteiger partial charge on any atom is 0.215 e. The van der Waals surface area contributed by atoms with Crippen LogP contribution in [0.1, 0.15) is 13.3 Å². The zero-order valence-electron chi connectivity index (χ0n) is 7.90. The normalized spacial score (nSPS) is 14.8. The van der Waals surface area contributed by atoms with E-state index in [0.717, 1.165) is 0 Å². The molecule has 0 saturated carbocycles. The number of sulfonamides is 1. The average molecular weight is 230 g/mol. The van der Waals surface area contributed by atoms with Gasteiger partial charge in [-0.3, -0.25) is 0 Å². The monoisotopic (exact) mass is 229 g/mol. The zero-order valence-corrected chi connectivity index (χ0v) is 9.48. The van der Waals surface area contributed by atoms with Gasteiger partial charge in [0.1, 0.15) is 0 Å². The topological polar surface area (TPSA) is 57.6 Å². The smallest absolute Gasteiger partial charge is 0.215 e. The quantitative estimate of drug-likeness (QED) is 0.665. The van der Waals surface area contributed by atoms with Crippen molar-refractivity contribution >= 4 is 21.6 Å². The molecule has 6 heteroatoms. The van der Waals surface area contributed by atoms with Gasteiger partial charge < -0.3 is 5.11 Å². The van der Waals surface area contributed by atoms with E-state index in [0.29, 0.717) is 13.0 Å². The number of halogens is 1. The summed E-state index contributed by atoms with van der Waals surface area (Å²) in [7, 11) is -1.73. The van der Waals surface area contributed by atoms with Crippen LogP contribution < -0.4 is 0 Å². The second kappa shape index (κ2) is 5.80. The standard InChI is InChI=1S/C7H16ClNO3S/c1-7(10)3-5-9(2)13(11,12)6-4-8/h7,10H,3-6H2,1-2H3. The lowest BCUT2D eigenvalue weighted by molar-refractivity contribution is 0.177. The number of aliphatic hydroxyl groups excluding tert-OH is 1. The van der Waals surface area contributed by atoms with Crippen molar-refractivity contribution in [2.45, 2.75) is 19.4 Å². The number of alkyl halides is 1. The van der Waals surface area contributed by atoms with Crippen LogP contribution >= 0.6 is 11.6 Å². The summed E-state index contributed by atoms with van der Waals surface area (Å²) in [4.78, 5) is 0. The molecular weight excluding hydrogens is 214 g/mol. The second-order valence-electron chi connectivity index (χ2n) is 2.96. The fourth-order valence-corrected chi connectivity index (χ4v) is 2.24. The third-order valence-corrected chi connectivity index (χ3v) is 3.94. The summed E-state index contributed by atoms with van der Waals surface area (Å²) < 4.78 is 23.8. The van der Waals surface area contributed by atoms with Gasteiger partial charge in [-0.05, 0) is 13.3 Å². The van der Waals surface area contributed by atoms with Crippen LogP contribution in [0.3, 0.4) is 0 Å². The Labute approximate surface area is 84.5 Å². The summed E-state index contributed by atoms with van der Waals surface area (Å²) >= 11 is 5.34. The van der Waals surface area contributed by atoms with Gasteiger partial charge in [-0.15, -0.1) is 11.6 Å². The van der Waals surface area contributed by atoms with Crippen LogP contribution in [0.4, 0.5) is 0 Å². The van der Waals surface area contributed by atoms with Crippen LogP contribution in [0.25, 0.3) is 0 Å². The van der Waals surface area contributed by atoms with E-state index >= 15 is 0 Å². The highest BCUT2D eigenvalue weighted by Gasteiger charge is 2.16. The number of aliphatic hydroxyl groups is 1. The van der Waals surface area contributed by atoms with Crippen LogP contribution in [0.15, 0.2) is 0 Å². The molecule has 1 unspecified atom stereocenters. The van der Waals surface area contributed by atoms with E-state index in [9.17, 15) is 8.42 Å². The van der Waals surface area contributed by atoms with E-state index in [1.807, 2.05) is 0 Å². The number of hydrogen-bond donors (Lipinski definition) is 1. The first-order valence-electron chi connectivity index (χ1n) is 4.08. The summed E-state index contributed by atoms with van der Waals surface area (Å²) in [6, 6.07) is 0. The molecule has 1 atom stereocenters. The van der Waals surface area contributed by atoms with Crippen LogP contribution in [-0.2, 0) is 10.0 Å². The molecule has 0 amide bonds. The van der Waals surface area contributed by atoms with E-state index < -0.39 is 16.1 Å². The Hall–Kier alpha value is 0.160. The van der Waals surface area contributed by atoms with Gasteiger partial charge in [-0.25, -0.2) is 12.7 Å². The van der Waals surface area contributed by atoms with Crippen LogP contribution in [0.5, 0.6) is 0 Å². The highest BCUT2D eigenvalue weighted by Crippen LogP contribution is 2.01. The predicted molar refractivity (Wildman–Crippen MR) is 53.4 cm³/mol. The van der Waals surface area contributed by atoms with Gasteiger partial charge in [0.05, 0.1) is 11.9 Å². The van der Waals surface area contributed by atoms with Crippen LogP contribution in [0.2, 0.25) is 0 Å². The molecule has 0 saturated heterocycles. The number of rotatable bonds is 6. The maximum atomic E-state index is 11.3. The van der Waals surface area contributed by atoms with Gasteiger partial charge in [0.15, 0.2) is 0 Å². The fourth-order valence-electron chi connectivity index (χ4n) is 0.761. The fraction of sp³-hybridized carbons (Fsp3) is 1.00. The van der Waals surface area contributed by atoms with Crippen molar-refractivity contribution < 1.29 is 13.5 Å². The van der Waals surface area contributed by atoms with E-state index in [1.54, 1.807) is 6.92 Å². The molecule has 0 rings (SSSR count). The molecule has 0 radical (unpaired) electrons. The Morgan fingerprint density at radius 1 is 1.54 bits per heavy atom. The van der Waals surface area contributed by atoms with Crippen LogP contribution in [-0.4, -0.2) is 49.2 Å². The molecule has 80 valence electrons. The lowest BCUT2D eigenvalue weighted by Crippen LogP contribution is -2.32. The SMILES string of the molecule is CC(O)CCN(C)S(=O)(=O)CCCl. The van der Waals surface area contributed by atoms with E-state index in [2.05, 4.69) is 0 Å². The molecule has 0 bridgehead atoms. The highest BCUT2D eigenvalue weighted by molar-refractivity contribution is 7.89. The van der Waals surface area contributed by atoms with Gasteiger partial charge in [0.2, 0.25) is 10.0 Å². The van der Waals surface area contributed by atoms with Gasteiger partial charge in [0.25, 0.3) is 0 Å². The Kier molecular flexibility index (Phi) is 5.87. The molecule has 0 aromatic carbocycles. The Balaban J connectivity index is 4.02. The van der Waals surface area contributed by atoms with Crippen molar-refractivity contribution in [2.24, 2.45) is 0 Å². The zero-order chi connectivity index (χ0) is 10.5. The summed E-state index contributed by atoms with van der Waals surface area (Å²) in [5.74, 6) is 0.0478. The molecule has 0 heterocycles. The number of hydrogen-bond acceptors (Lipinski definition) is 3. The van der Waals surface area contributed by atoms with Crippen molar-refractivity contribution in [3.63, 3.8) is 0 Å². The highest BCUT2D eigenvalue weighted by atomic mass is 35.5. The first kappa shape index (κ1) is 13.2. The summed E-state index contributed by atoms with van der Waals surface area (Å²) in [6.07, 6.45) is -0.0356. The van der Waals surface area contributed by atoms with E-state index in [1.165, 1.54) is 11.4 Å². The molecule has 0 aliphatic rings. The summed E-state index contributed by atoms with van der Waals surface area (Å²) in [5, 5.41) is 8.95. The largest absolute Gasteiger partial charge is 0.393 e. The Bertz CT molecular complexity index is 228. The van der Waals surface area contributed by atoms with Gasteiger partial charge in [0, 0.05) is 19.5 Å². The third kappa shape index (κ3) is 5.46. The molecule has 0 spiro atoms. The summed E-state index contributed by atoms with van der Waals surface area (Å²) in [5.41, 5.74) is 0. The summed E-state index contributed by atoms with van der Waals surface area (Å²) in [6.45, 7) is 1.96. The van der Waals surface area contributed by atoms with Crippen molar-refractivity contribution in [1.29, 1.82) is 0 Å². The molecule has 0 aliphatic heterocycles. The van der Waals surface area contributed by atoms with E-state index in [4.69, 9.17) is 16.7 Å². The van der Waals surface area contributed by atoms with Gasteiger partial charge in [-0.2, -0.15) is 0 Å². The van der Waals surface area contributed by atoms with Gasteiger partial charge in [-0.1, -0.05) is 0 Å². The molecule has 4 nitrogen and oxygen atoms in total. The van der Waals surface area contributed by atoms with Crippen molar-refractivity contribution in [2.75, 3.05) is 25.2 Å². The minimum atomic E-state index is -3.22. The molecule has 0 aliphatic carbocycles. The second-order valence-corrected chi connectivity index (χ2v) is 5.54. The molecule has 13 heavy (non-hydrogen) atoms. The number of nitrogens with zero attached hydrogens (tertiary/aromatic N) is 1. The molecule has 0 aromatic heterocycles. The van der Waals surface area contributed by atoms with Crippen LogP contribution in [0, 0.1) is 0 Å². The maximum absolute atomic E-state index is 11.3. The van der Waals surface area contributed by atoms with Gasteiger partial charge >= 0.3 is 0 Å². The molecule has 1 N–H and O–H groups in total. The van der Waals surface area contributed by atoms with Crippen molar-refractivity contribution in [1.82, 2.24) is 4.31 Å². The Morgan fingerprint density at radius 2 is 2.08 bits per heavy atom. The lowest BCUT2D eigenvalue weighted by Gasteiger charge is -2.16. The molecular formula is C7H16ClNO3S.